The average molecular weight is 275 g/mol. The largest absolute Gasteiger partial charge is 0.313 e. The second-order valence-electron chi connectivity index (χ2n) is 4.13. The first-order chi connectivity index (χ1) is 8.05. The number of thiazole rings is 1. The fourth-order valence-electron chi connectivity index (χ4n) is 1.77. The van der Waals surface area contributed by atoms with Gasteiger partial charge in [0.05, 0.1) is 17.2 Å². The molecule has 5 nitrogen and oxygen atoms in total. The van der Waals surface area contributed by atoms with Gasteiger partial charge in [0.2, 0.25) is 0 Å². The van der Waals surface area contributed by atoms with Gasteiger partial charge in [0.15, 0.2) is 4.21 Å². The van der Waals surface area contributed by atoms with E-state index in [9.17, 15) is 8.42 Å². The lowest BCUT2D eigenvalue weighted by Gasteiger charge is -2.36. The molecule has 1 aromatic rings. The molecule has 2 rings (SSSR count). The third-order valence-electron chi connectivity index (χ3n) is 2.77. The van der Waals surface area contributed by atoms with Crippen molar-refractivity contribution in [3.05, 3.63) is 11.2 Å². The van der Waals surface area contributed by atoms with Crippen LogP contribution in [0.3, 0.4) is 0 Å². The second kappa shape index (κ2) is 5.01. The van der Waals surface area contributed by atoms with Crippen LogP contribution in [0.4, 0.5) is 0 Å². The van der Waals surface area contributed by atoms with Gasteiger partial charge in [-0.2, -0.15) is 4.31 Å². The number of nitrogens with zero attached hydrogens (tertiary/aromatic N) is 2. The van der Waals surface area contributed by atoms with Gasteiger partial charge in [-0.1, -0.05) is 6.92 Å². The summed E-state index contributed by atoms with van der Waals surface area (Å²) in [7, 11) is -3.35. The van der Waals surface area contributed by atoms with Gasteiger partial charge in [-0.15, -0.1) is 11.3 Å². The molecular weight excluding hydrogens is 258 g/mol. The summed E-state index contributed by atoms with van der Waals surface area (Å²) in [5.74, 6) is 0. The van der Waals surface area contributed by atoms with E-state index in [0.717, 1.165) is 24.5 Å². The van der Waals surface area contributed by atoms with Gasteiger partial charge in [0.25, 0.3) is 10.0 Å². The third kappa shape index (κ3) is 2.52. The Bertz CT molecular complexity index is 479. The first-order valence-electron chi connectivity index (χ1n) is 5.70. The zero-order valence-corrected chi connectivity index (χ0v) is 11.6. The lowest BCUT2D eigenvalue weighted by molar-refractivity contribution is 0.242. The van der Waals surface area contributed by atoms with E-state index in [1.807, 2.05) is 13.8 Å². The minimum absolute atomic E-state index is 0.0994. The van der Waals surface area contributed by atoms with E-state index >= 15 is 0 Å². The summed E-state index contributed by atoms with van der Waals surface area (Å²) in [6.07, 6.45) is 2.29. The molecule has 0 saturated carbocycles. The van der Waals surface area contributed by atoms with E-state index in [-0.39, 0.29) is 6.04 Å². The minimum Gasteiger partial charge on any atom is -0.313 e. The number of aromatic nitrogens is 1. The smallest absolute Gasteiger partial charge is 0.254 e. The van der Waals surface area contributed by atoms with Gasteiger partial charge in [0, 0.05) is 19.6 Å². The molecule has 1 fully saturated rings. The van der Waals surface area contributed by atoms with E-state index in [4.69, 9.17) is 0 Å². The standard InChI is InChI=1S/C10H17N3O2S2/c1-3-4-13(9-5-11-6-9)17(14,15)10-7-12-8(2)16-10/h7,9,11H,3-6H2,1-2H3. The number of aryl methyl sites for hydroxylation is 1. The van der Waals surface area contributed by atoms with Crippen LogP contribution in [0.15, 0.2) is 10.4 Å². The predicted molar refractivity (Wildman–Crippen MR) is 67.7 cm³/mol. The summed E-state index contributed by atoms with van der Waals surface area (Å²) < 4.78 is 26.8. The Labute approximate surface area is 106 Å². The molecule has 0 aromatic carbocycles. The van der Waals surface area contributed by atoms with Crippen molar-refractivity contribution in [2.45, 2.75) is 30.5 Å². The Hall–Kier alpha value is -0.500. The van der Waals surface area contributed by atoms with Crippen LogP contribution in [-0.4, -0.2) is 43.4 Å². The summed E-state index contributed by atoms with van der Waals surface area (Å²) >= 11 is 1.24. The van der Waals surface area contributed by atoms with Crippen LogP contribution in [0.2, 0.25) is 0 Å². The highest BCUT2D eigenvalue weighted by Gasteiger charge is 2.35. The number of rotatable bonds is 5. The van der Waals surface area contributed by atoms with E-state index in [1.165, 1.54) is 17.5 Å². The summed E-state index contributed by atoms with van der Waals surface area (Å²) in [6, 6.07) is 0.0994. The van der Waals surface area contributed by atoms with Crippen LogP contribution < -0.4 is 5.32 Å². The lowest BCUT2D eigenvalue weighted by Crippen LogP contribution is -2.58. The fourth-order valence-corrected chi connectivity index (χ4v) is 4.73. The summed E-state index contributed by atoms with van der Waals surface area (Å²) in [4.78, 5) is 4.03. The van der Waals surface area contributed by atoms with Crippen LogP contribution in [-0.2, 0) is 10.0 Å². The lowest BCUT2D eigenvalue weighted by atomic mass is 10.2. The molecule has 1 aliphatic rings. The van der Waals surface area contributed by atoms with E-state index in [0.29, 0.717) is 10.8 Å². The highest BCUT2D eigenvalue weighted by molar-refractivity contribution is 7.91. The predicted octanol–water partition coefficient (Wildman–Crippen LogP) is 0.824. The molecule has 1 saturated heterocycles. The molecule has 0 amide bonds. The van der Waals surface area contributed by atoms with Crippen molar-refractivity contribution in [3.63, 3.8) is 0 Å². The van der Waals surface area contributed by atoms with Gasteiger partial charge < -0.3 is 5.32 Å². The fraction of sp³-hybridized carbons (Fsp3) is 0.700. The van der Waals surface area contributed by atoms with E-state index < -0.39 is 10.0 Å². The van der Waals surface area contributed by atoms with Crippen LogP contribution >= 0.6 is 11.3 Å². The molecule has 0 radical (unpaired) electrons. The Morgan fingerprint density at radius 3 is 2.71 bits per heavy atom. The monoisotopic (exact) mass is 275 g/mol. The van der Waals surface area contributed by atoms with Crippen molar-refractivity contribution >= 4 is 21.4 Å². The second-order valence-corrected chi connectivity index (χ2v) is 7.48. The first-order valence-corrected chi connectivity index (χ1v) is 7.96. The van der Waals surface area contributed by atoms with Crippen molar-refractivity contribution in [2.24, 2.45) is 0 Å². The molecule has 0 spiro atoms. The van der Waals surface area contributed by atoms with Crippen LogP contribution in [0.5, 0.6) is 0 Å². The Kier molecular flexibility index (Phi) is 3.82. The number of sulfonamides is 1. The van der Waals surface area contributed by atoms with Crippen LogP contribution in [0.25, 0.3) is 0 Å². The van der Waals surface area contributed by atoms with Gasteiger partial charge in [-0.25, -0.2) is 13.4 Å². The third-order valence-corrected chi connectivity index (χ3v) is 6.08. The highest BCUT2D eigenvalue weighted by atomic mass is 32.2. The van der Waals surface area contributed by atoms with Gasteiger partial charge >= 0.3 is 0 Å². The molecule has 7 heteroatoms. The van der Waals surface area contributed by atoms with Crippen molar-refractivity contribution in [3.8, 4) is 0 Å². The van der Waals surface area contributed by atoms with Crippen molar-refractivity contribution in [1.29, 1.82) is 0 Å². The quantitative estimate of drug-likeness (QED) is 0.864. The Morgan fingerprint density at radius 1 is 1.59 bits per heavy atom. The number of nitrogens with one attached hydrogen (secondary N) is 1. The van der Waals surface area contributed by atoms with Crippen LogP contribution in [0.1, 0.15) is 18.4 Å². The first kappa shape index (κ1) is 12.9. The number of hydrogen-bond donors (Lipinski definition) is 1. The molecule has 1 N–H and O–H groups in total. The van der Waals surface area contributed by atoms with E-state index in [2.05, 4.69) is 10.3 Å². The maximum absolute atomic E-state index is 12.4. The highest BCUT2D eigenvalue weighted by Crippen LogP contribution is 2.25. The van der Waals surface area contributed by atoms with Gasteiger partial charge in [-0.05, 0) is 13.3 Å². The molecule has 1 aromatic heterocycles. The zero-order chi connectivity index (χ0) is 12.5. The molecule has 0 atom stereocenters. The Morgan fingerprint density at radius 2 is 2.29 bits per heavy atom. The van der Waals surface area contributed by atoms with E-state index in [1.54, 1.807) is 4.31 Å². The summed E-state index contributed by atoms with van der Waals surface area (Å²) in [5, 5.41) is 3.89. The average Bonchev–Trinajstić information content (AvgIpc) is 2.62. The maximum Gasteiger partial charge on any atom is 0.254 e. The normalized spacial score (nSPS) is 17.4. The minimum atomic E-state index is -3.35. The molecule has 1 aliphatic heterocycles. The number of hydrogen-bond acceptors (Lipinski definition) is 5. The van der Waals surface area contributed by atoms with Gasteiger partial charge in [-0.3, -0.25) is 0 Å². The van der Waals surface area contributed by atoms with Gasteiger partial charge in [0.1, 0.15) is 0 Å². The zero-order valence-electron chi connectivity index (χ0n) is 10.0. The summed E-state index contributed by atoms with van der Waals surface area (Å²) in [6.45, 7) is 5.88. The summed E-state index contributed by atoms with van der Waals surface area (Å²) in [5.41, 5.74) is 0. The van der Waals surface area contributed by atoms with Crippen LogP contribution in [0, 0.1) is 6.92 Å². The molecule has 96 valence electrons. The topological polar surface area (TPSA) is 62.3 Å². The molecule has 0 bridgehead atoms. The molecule has 0 unspecified atom stereocenters. The molecular formula is C10H17N3O2S2. The van der Waals surface area contributed by atoms with Crippen molar-refractivity contribution in [1.82, 2.24) is 14.6 Å². The SMILES string of the molecule is CCCN(C1CNC1)S(=O)(=O)c1cnc(C)s1. The molecule has 0 aliphatic carbocycles. The Balaban J connectivity index is 2.27. The molecule has 17 heavy (non-hydrogen) atoms. The van der Waals surface area contributed by atoms with Crippen molar-refractivity contribution < 1.29 is 8.42 Å². The molecule has 2 heterocycles. The van der Waals surface area contributed by atoms with Crippen molar-refractivity contribution in [2.75, 3.05) is 19.6 Å². The maximum atomic E-state index is 12.4.